The summed E-state index contributed by atoms with van der Waals surface area (Å²) in [6.07, 6.45) is 3.77. The fourth-order valence-corrected chi connectivity index (χ4v) is 3.24. The summed E-state index contributed by atoms with van der Waals surface area (Å²) in [5.41, 5.74) is 1.20. The molecule has 1 amide bonds. The Kier molecular flexibility index (Phi) is 4.23. The van der Waals surface area contributed by atoms with Gasteiger partial charge >= 0.3 is 0 Å². The lowest BCUT2D eigenvalue weighted by Gasteiger charge is -2.22. The number of nitrogens with one attached hydrogen (secondary N) is 1. The van der Waals surface area contributed by atoms with Gasteiger partial charge < -0.3 is 14.6 Å². The minimum atomic E-state index is -0.152. The fraction of sp³-hybridized carbons (Fsp3) is 0.389. The molecule has 0 aliphatic carbocycles. The molecular weight excluding hydrogens is 318 g/mol. The van der Waals surface area contributed by atoms with E-state index in [0.717, 1.165) is 42.7 Å². The lowest BCUT2D eigenvalue weighted by molar-refractivity contribution is 0.0770. The van der Waals surface area contributed by atoms with E-state index >= 15 is 0 Å². The van der Waals surface area contributed by atoms with Crippen molar-refractivity contribution in [1.29, 1.82) is 0 Å². The lowest BCUT2D eigenvalue weighted by atomic mass is 10.1. The summed E-state index contributed by atoms with van der Waals surface area (Å²) >= 11 is 0. The van der Waals surface area contributed by atoms with E-state index in [0.29, 0.717) is 18.3 Å². The number of aromatic nitrogens is 3. The third-order valence-electron chi connectivity index (χ3n) is 4.63. The van der Waals surface area contributed by atoms with Gasteiger partial charge in [0.2, 0.25) is 0 Å². The number of amides is 1. The highest BCUT2D eigenvalue weighted by Crippen LogP contribution is 2.21. The Morgan fingerprint density at radius 3 is 2.96 bits per heavy atom. The minimum Gasteiger partial charge on any atom is -0.459 e. The number of furan rings is 1. The number of rotatable bonds is 4. The Balaban J connectivity index is 1.45. The standard InChI is InChI=1S/C18H21N5O2/c1-22(11-15-10-13-4-2-3-5-17(13)25-15)18(24)16-12-23(21-20-16)14-6-8-19-9-7-14/h2-5,10,12,14,19H,6-9,11H2,1H3. The van der Waals surface area contributed by atoms with Crippen molar-refractivity contribution in [3.05, 3.63) is 48.0 Å². The molecule has 2 aromatic heterocycles. The van der Waals surface area contributed by atoms with Crippen LogP contribution in [0.3, 0.4) is 0 Å². The van der Waals surface area contributed by atoms with E-state index in [-0.39, 0.29) is 5.91 Å². The maximum Gasteiger partial charge on any atom is 0.276 e. The first-order valence-electron chi connectivity index (χ1n) is 8.56. The van der Waals surface area contributed by atoms with Gasteiger partial charge in [0, 0.05) is 12.4 Å². The van der Waals surface area contributed by atoms with Crippen LogP contribution in [0, 0.1) is 0 Å². The maximum atomic E-state index is 12.6. The maximum absolute atomic E-state index is 12.6. The number of hydrogen-bond donors (Lipinski definition) is 1. The fourth-order valence-electron chi connectivity index (χ4n) is 3.24. The number of benzene rings is 1. The van der Waals surface area contributed by atoms with E-state index in [1.807, 2.05) is 35.0 Å². The van der Waals surface area contributed by atoms with E-state index < -0.39 is 0 Å². The van der Waals surface area contributed by atoms with E-state index in [2.05, 4.69) is 15.6 Å². The molecule has 25 heavy (non-hydrogen) atoms. The van der Waals surface area contributed by atoms with Crippen LogP contribution in [0.15, 0.2) is 40.9 Å². The SMILES string of the molecule is CN(Cc1cc2ccccc2o1)C(=O)c1cn(C2CCNCC2)nn1. The van der Waals surface area contributed by atoms with Crippen LogP contribution in [0.4, 0.5) is 0 Å². The van der Waals surface area contributed by atoms with E-state index in [1.165, 1.54) is 0 Å². The Morgan fingerprint density at radius 2 is 2.16 bits per heavy atom. The summed E-state index contributed by atoms with van der Waals surface area (Å²) in [6.45, 7) is 2.34. The van der Waals surface area contributed by atoms with Crippen LogP contribution < -0.4 is 5.32 Å². The van der Waals surface area contributed by atoms with Gasteiger partial charge in [0.1, 0.15) is 11.3 Å². The van der Waals surface area contributed by atoms with Gasteiger partial charge in [0.15, 0.2) is 5.69 Å². The van der Waals surface area contributed by atoms with Crippen molar-refractivity contribution >= 4 is 16.9 Å². The van der Waals surface area contributed by atoms with Crippen molar-refractivity contribution < 1.29 is 9.21 Å². The number of para-hydroxylation sites is 1. The number of nitrogens with zero attached hydrogens (tertiary/aromatic N) is 4. The van der Waals surface area contributed by atoms with Crippen molar-refractivity contribution in [2.24, 2.45) is 0 Å². The second-order valence-corrected chi connectivity index (χ2v) is 6.48. The molecule has 1 aromatic carbocycles. The van der Waals surface area contributed by atoms with Gasteiger partial charge in [-0.1, -0.05) is 23.4 Å². The van der Waals surface area contributed by atoms with Crippen LogP contribution in [-0.4, -0.2) is 45.9 Å². The molecule has 4 rings (SSSR count). The van der Waals surface area contributed by atoms with Crippen LogP contribution in [0.1, 0.15) is 35.1 Å². The molecule has 1 aliphatic heterocycles. The monoisotopic (exact) mass is 339 g/mol. The molecule has 0 spiro atoms. The predicted octanol–water partition coefficient (Wildman–Crippen LogP) is 2.22. The Morgan fingerprint density at radius 1 is 1.36 bits per heavy atom. The van der Waals surface area contributed by atoms with Crippen molar-refractivity contribution in [3.8, 4) is 0 Å². The summed E-state index contributed by atoms with van der Waals surface area (Å²) in [6, 6.07) is 10.1. The summed E-state index contributed by atoms with van der Waals surface area (Å²) in [5.74, 6) is 0.600. The molecule has 0 bridgehead atoms. The zero-order chi connectivity index (χ0) is 17.2. The number of carbonyl (C=O) groups excluding carboxylic acids is 1. The largest absolute Gasteiger partial charge is 0.459 e. The van der Waals surface area contributed by atoms with Crippen LogP contribution in [0.2, 0.25) is 0 Å². The van der Waals surface area contributed by atoms with Crippen LogP contribution in [-0.2, 0) is 6.54 Å². The van der Waals surface area contributed by atoms with Gasteiger partial charge in [-0.2, -0.15) is 0 Å². The van der Waals surface area contributed by atoms with E-state index in [1.54, 1.807) is 18.1 Å². The normalized spacial score (nSPS) is 15.6. The Labute approximate surface area is 145 Å². The van der Waals surface area contributed by atoms with E-state index in [4.69, 9.17) is 4.42 Å². The minimum absolute atomic E-state index is 0.152. The van der Waals surface area contributed by atoms with Gasteiger partial charge in [-0.3, -0.25) is 4.79 Å². The van der Waals surface area contributed by atoms with Gasteiger partial charge in [-0.25, -0.2) is 4.68 Å². The summed E-state index contributed by atoms with van der Waals surface area (Å²) < 4.78 is 7.61. The average Bonchev–Trinajstić information content (AvgIpc) is 3.28. The smallest absolute Gasteiger partial charge is 0.276 e. The molecule has 130 valence electrons. The number of piperidine rings is 1. The second-order valence-electron chi connectivity index (χ2n) is 6.48. The van der Waals surface area contributed by atoms with Gasteiger partial charge in [-0.15, -0.1) is 5.10 Å². The van der Waals surface area contributed by atoms with Crippen molar-refractivity contribution in [3.63, 3.8) is 0 Å². The summed E-state index contributed by atoms with van der Waals surface area (Å²) in [4.78, 5) is 14.2. The third kappa shape index (κ3) is 3.28. The molecule has 1 aliphatic rings. The summed E-state index contributed by atoms with van der Waals surface area (Å²) in [7, 11) is 1.75. The molecule has 3 aromatic rings. The van der Waals surface area contributed by atoms with Gasteiger partial charge in [-0.05, 0) is 38.1 Å². The second kappa shape index (κ2) is 6.68. The molecule has 1 fully saturated rings. The highest BCUT2D eigenvalue weighted by atomic mass is 16.3. The average molecular weight is 339 g/mol. The summed E-state index contributed by atoms with van der Waals surface area (Å²) in [5, 5.41) is 12.6. The highest BCUT2D eigenvalue weighted by molar-refractivity contribution is 5.91. The first kappa shape index (κ1) is 15.8. The highest BCUT2D eigenvalue weighted by Gasteiger charge is 2.21. The topological polar surface area (TPSA) is 76.2 Å². The molecule has 1 N–H and O–H groups in total. The molecule has 0 atom stereocenters. The number of fused-ring (bicyclic) bond motifs is 1. The number of carbonyl (C=O) groups is 1. The lowest BCUT2D eigenvalue weighted by Crippen LogP contribution is -2.29. The van der Waals surface area contributed by atoms with Crippen molar-refractivity contribution in [2.75, 3.05) is 20.1 Å². The Hall–Kier alpha value is -2.67. The Bertz CT molecular complexity index is 845. The molecule has 3 heterocycles. The van der Waals surface area contributed by atoms with Gasteiger partial charge in [0.25, 0.3) is 5.91 Å². The van der Waals surface area contributed by atoms with Crippen LogP contribution in [0.25, 0.3) is 11.0 Å². The van der Waals surface area contributed by atoms with Crippen LogP contribution >= 0.6 is 0 Å². The molecule has 7 nitrogen and oxygen atoms in total. The quantitative estimate of drug-likeness (QED) is 0.789. The van der Waals surface area contributed by atoms with Crippen molar-refractivity contribution in [1.82, 2.24) is 25.2 Å². The molecular formula is C18H21N5O2. The zero-order valence-corrected chi connectivity index (χ0v) is 14.2. The van der Waals surface area contributed by atoms with Gasteiger partial charge in [0.05, 0.1) is 18.8 Å². The zero-order valence-electron chi connectivity index (χ0n) is 14.2. The van der Waals surface area contributed by atoms with E-state index in [9.17, 15) is 4.79 Å². The molecule has 0 radical (unpaired) electrons. The first-order valence-corrected chi connectivity index (χ1v) is 8.56. The van der Waals surface area contributed by atoms with Crippen LogP contribution in [0.5, 0.6) is 0 Å². The first-order chi connectivity index (χ1) is 12.2. The predicted molar refractivity (Wildman–Crippen MR) is 93.2 cm³/mol. The molecule has 0 saturated carbocycles. The van der Waals surface area contributed by atoms with Crippen molar-refractivity contribution in [2.45, 2.75) is 25.4 Å². The molecule has 0 unspecified atom stereocenters. The molecule has 7 heteroatoms. The molecule has 1 saturated heterocycles. The third-order valence-corrected chi connectivity index (χ3v) is 4.63. The number of hydrogen-bond acceptors (Lipinski definition) is 5.